The first-order valence-corrected chi connectivity index (χ1v) is 7.55. The van der Waals surface area contributed by atoms with Crippen molar-refractivity contribution < 1.29 is 9.53 Å². The molecule has 0 aliphatic rings. The largest absolute Gasteiger partial charge is 0.491 e. The van der Waals surface area contributed by atoms with Crippen LogP contribution in [0.4, 0.5) is 0 Å². The number of aldehydes is 1. The maximum Gasteiger partial charge on any atom is 0.153 e. The summed E-state index contributed by atoms with van der Waals surface area (Å²) in [6.45, 7) is 3.97. The minimum absolute atomic E-state index is 0.128. The van der Waals surface area contributed by atoms with Crippen molar-refractivity contribution >= 4 is 6.29 Å². The number of carbonyl (C=O) groups is 1. The Balaban J connectivity index is 1.96. The highest BCUT2D eigenvalue weighted by Gasteiger charge is 2.12. The Labute approximate surface area is 135 Å². The Morgan fingerprint density at radius 2 is 1.74 bits per heavy atom. The third-order valence-corrected chi connectivity index (χ3v) is 3.39. The quantitative estimate of drug-likeness (QED) is 0.665. The van der Waals surface area contributed by atoms with E-state index < -0.39 is 0 Å². The summed E-state index contributed by atoms with van der Waals surface area (Å²) in [6.07, 6.45) is 2.71. The first-order valence-electron chi connectivity index (χ1n) is 7.55. The standard InChI is InChI=1S/C19H18N2O2/c1-14(2)23-18-10-8-15(9-11-18)19-16(13-22)12-21(20-19)17-6-4-3-5-7-17/h3-14H,1-2H3. The van der Waals surface area contributed by atoms with E-state index in [-0.39, 0.29) is 6.10 Å². The van der Waals surface area contributed by atoms with Gasteiger partial charge < -0.3 is 4.74 Å². The van der Waals surface area contributed by atoms with E-state index in [2.05, 4.69) is 5.10 Å². The summed E-state index contributed by atoms with van der Waals surface area (Å²) in [5.74, 6) is 0.805. The molecule has 0 atom stereocenters. The van der Waals surface area contributed by atoms with Gasteiger partial charge in [0, 0.05) is 11.8 Å². The van der Waals surface area contributed by atoms with E-state index in [9.17, 15) is 4.79 Å². The van der Waals surface area contributed by atoms with Gasteiger partial charge in [0.15, 0.2) is 6.29 Å². The smallest absolute Gasteiger partial charge is 0.153 e. The Hall–Kier alpha value is -2.88. The van der Waals surface area contributed by atoms with Crippen molar-refractivity contribution in [3.8, 4) is 22.7 Å². The lowest BCUT2D eigenvalue weighted by Gasteiger charge is -2.09. The molecule has 3 aromatic rings. The summed E-state index contributed by atoms with van der Waals surface area (Å²) in [6, 6.07) is 17.4. The molecule has 0 fully saturated rings. The van der Waals surface area contributed by atoms with Crippen LogP contribution in [0.2, 0.25) is 0 Å². The average Bonchev–Trinajstić information content (AvgIpc) is 3.00. The highest BCUT2D eigenvalue weighted by molar-refractivity contribution is 5.85. The Morgan fingerprint density at radius 3 is 2.35 bits per heavy atom. The number of ether oxygens (including phenoxy) is 1. The number of hydrogen-bond acceptors (Lipinski definition) is 3. The molecule has 0 bridgehead atoms. The fourth-order valence-electron chi connectivity index (χ4n) is 2.37. The average molecular weight is 306 g/mol. The second kappa shape index (κ2) is 6.48. The number of carbonyl (C=O) groups excluding carboxylic acids is 1. The van der Waals surface area contributed by atoms with Crippen molar-refractivity contribution in [2.24, 2.45) is 0 Å². The van der Waals surface area contributed by atoms with Gasteiger partial charge in [-0.2, -0.15) is 5.10 Å². The van der Waals surface area contributed by atoms with Gasteiger partial charge >= 0.3 is 0 Å². The predicted molar refractivity (Wildman–Crippen MR) is 90.2 cm³/mol. The molecular weight excluding hydrogens is 288 g/mol. The Kier molecular flexibility index (Phi) is 4.24. The third-order valence-electron chi connectivity index (χ3n) is 3.39. The van der Waals surface area contributed by atoms with Crippen molar-refractivity contribution in [2.75, 3.05) is 0 Å². The van der Waals surface area contributed by atoms with E-state index in [1.807, 2.05) is 68.4 Å². The fourth-order valence-corrected chi connectivity index (χ4v) is 2.37. The minimum Gasteiger partial charge on any atom is -0.491 e. The van der Waals surface area contributed by atoms with Crippen LogP contribution in [0.5, 0.6) is 5.75 Å². The molecule has 0 aliphatic heterocycles. The summed E-state index contributed by atoms with van der Waals surface area (Å²) in [4.78, 5) is 11.4. The number of aromatic nitrogens is 2. The summed E-state index contributed by atoms with van der Waals surface area (Å²) in [7, 11) is 0. The zero-order valence-corrected chi connectivity index (χ0v) is 13.1. The molecule has 0 unspecified atom stereocenters. The molecule has 0 radical (unpaired) electrons. The highest BCUT2D eigenvalue weighted by Crippen LogP contribution is 2.25. The van der Waals surface area contributed by atoms with Gasteiger partial charge in [-0.3, -0.25) is 4.79 Å². The maximum absolute atomic E-state index is 11.4. The number of benzene rings is 2. The number of hydrogen-bond donors (Lipinski definition) is 0. The van der Waals surface area contributed by atoms with E-state index in [1.165, 1.54) is 0 Å². The Bertz CT molecular complexity index is 790. The van der Waals surface area contributed by atoms with Crippen LogP contribution in [0, 0.1) is 0 Å². The molecule has 0 saturated carbocycles. The fraction of sp³-hybridized carbons (Fsp3) is 0.158. The summed E-state index contributed by atoms with van der Waals surface area (Å²) in [5.41, 5.74) is 3.03. The monoisotopic (exact) mass is 306 g/mol. The van der Waals surface area contributed by atoms with Gasteiger partial charge in [-0.15, -0.1) is 0 Å². The van der Waals surface area contributed by atoms with Crippen LogP contribution in [-0.4, -0.2) is 22.2 Å². The summed E-state index contributed by atoms with van der Waals surface area (Å²) >= 11 is 0. The van der Waals surface area contributed by atoms with E-state index in [0.29, 0.717) is 11.3 Å². The summed E-state index contributed by atoms with van der Waals surface area (Å²) in [5, 5.41) is 4.56. The van der Waals surface area contributed by atoms with Crippen LogP contribution in [0.3, 0.4) is 0 Å². The van der Waals surface area contributed by atoms with Gasteiger partial charge in [0.1, 0.15) is 11.4 Å². The molecule has 0 aliphatic carbocycles. The molecular formula is C19H18N2O2. The number of rotatable bonds is 5. The van der Waals surface area contributed by atoms with Crippen molar-refractivity contribution in [3.05, 3.63) is 66.4 Å². The van der Waals surface area contributed by atoms with Crippen molar-refractivity contribution in [1.29, 1.82) is 0 Å². The molecule has 3 rings (SSSR count). The van der Waals surface area contributed by atoms with Gasteiger partial charge in [-0.25, -0.2) is 4.68 Å². The lowest BCUT2D eigenvalue weighted by atomic mass is 10.1. The Morgan fingerprint density at radius 1 is 1.04 bits per heavy atom. The van der Waals surface area contributed by atoms with Crippen LogP contribution in [0.15, 0.2) is 60.8 Å². The topological polar surface area (TPSA) is 44.1 Å². The molecule has 1 aromatic heterocycles. The summed E-state index contributed by atoms with van der Waals surface area (Å²) < 4.78 is 7.36. The van der Waals surface area contributed by atoms with E-state index >= 15 is 0 Å². The zero-order valence-electron chi connectivity index (χ0n) is 13.1. The minimum atomic E-state index is 0.128. The molecule has 116 valence electrons. The first-order chi connectivity index (χ1) is 11.2. The molecule has 0 N–H and O–H groups in total. The van der Waals surface area contributed by atoms with Crippen LogP contribution in [0.1, 0.15) is 24.2 Å². The second-order valence-corrected chi connectivity index (χ2v) is 5.52. The van der Waals surface area contributed by atoms with E-state index in [0.717, 1.165) is 23.3 Å². The second-order valence-electron chi connectivity index (χ2n) is 5.52. The normalized spacial score (nSPS) is 10.7. The van der Waals surface area contributed by atoms with Crippen molar-refractivity contribution in [2.45, 2.75) is 20.0 Å². The maximum atomic E-state index is 11.4. The SMILES string of the molecule is CC(C)Oc1ccc(-c2nn(-c3ccccc3)cc2C=O)cc1. The molecule has 0 spiro atoms. The molecule has 23 heavy (non-hydrogen) atoms. The molecule has 0 amide bonds. The predicted octanol–water partition coefficient (Wildman–Crippen LogP) is 4.14. The zero-order chi connectivity index (χ0) is 16.2. The first kappa shape index (κ1) is 15.0. The van der Waals surface area contributed by atoms with Crippen molar-refractivity contribution in [3.63, 3.8) is 0 Å². The van der Waals surface area contributed by atoms with Gasteiger partial charge in [0.25, 0.3) is 0 Å². The molecule has 1 heterocycles. The highest BCUT2D eigenvalue weighted by atomic mass is 16.5. The third kappa shape index (κ3) is 3.31. The van der Waals surface area contributed by atoms with Crippen LogP contribution < -0.4 is 4.74 Å². The lowest BCUT2D eigenvalue weighted by Crippen LogP contribution is -2.05. The molecule has 4 heteroatoms. The van der Waals surface area contributed by atoms with E-state index in [1.54, 1.807) is 10.9 Å². The lowest BCUT2D eigenvalue weighted by molar-refractivity contribution is 0.112. The van der Waals surface area contributed by atoms with Gasteiger partial charge in [0.2, 0.25) is 0 Å². The number of nitrogens with zero attached hydrogens (tertiary/aromatic N) is 2. The van der Waals surface area contributed by atoms with Gasteiger partial charge in [0.05, 0.1) is 17.4 Å². The van der Waals surface area contributed by atoms with E-state index in [4.69, 9.17) is 4.74 Å². The molecule has 0 saturated heterocycles. The van der Waals surface area contributed by atoms with Gasteiger partial charge in [-0.05, 0) is 50.2 Å². The van der Waals surface area contributed by atoms with Crippen LogP contribution >= 0.6 is 0 Å². The van der Waals surface area contributed by atoms with Crippen molar-refractivity contribution in [1.82, 2.24) is 9.78 Å². The molecule has 2 aromatic carbocycles. The van der Waals surface area contributed by atoms with Crippen LogP contribution in [0.25, 0.3) is 16.9 Å². The van der Waals surface area contributed by atoms with Gasteiger partial charge in [-0.1, -0.05) is 18.2 Å². The number of para-hydroxylation sites is 1. The van der Waals surface area contributed by atoms with Crippen LogP contribution in [-0.2, 0) is 0 Å². The molecule has 4 nitrogen and oxygen atoms in total.